The zero-order valence-electron chi connectivity index (χ0n) is 11.2. The number of allylic oxidation sites excluding steroid dienone is 3. The Morgan fingerprint density at radius 1 is 1.22 bits per heavy atom. The Bertz CT molecular complexity index is 430. The summed E-state index contributed by atoms with van der Waals surface area (Å²) in [5, 5.41) is 2.83. The van der Waals surface area contributed by atoms with Crippen LogP contribution < -0.4 is 10.2 Å². The van der Waals surface area contributed by atoms with Crippen LogP contribution in [0.4, 0.5) is 5.69 Å². The Morgan fingerprint density at radius 2 is 1.89 bits per heavy atom. The van der Waals surface area contributed by atoms with Crippen LogP contribution in [-0.4, -0.2) is 20.0 Å². The van der Waals surface area contributed by atoms with Crippen LogP contribution in [0.3, 0.4) is 0 Å². The second kappa shape index (κ2) is 7.33. The minimum atomic E-state index is -0.0789. The van der Waals surface area contributed by atoms with Crippen molar-refractivity contribution >= 4 is 11.6 Å². The highest BCUT2D eigenvalue weighted by molar-refractivity contribution is 5.87. The maximum absolute atomic E-state index is 11.4. The number of benzene rings is 1. The molecule has 3 heteroatoms. The molecule has 18 heavy (non-hydrogen) atoms. The van der Waals surface area contributed by atoms with E-state index in [1.165, 1.54) is 6.08 Å². The first-order chi connectivity index (χ1) is 8.63. The largest absolute Gasteiger partial charge is 0.378 e. The van der Waals surface area contributed by atoms with E-state index in [1.807, 2.05) is 62.3 Å². The lowest BCUT2D eigenvalue weighted by Gasteiger charge is -2.12. The predicted molar refractivity (Wildman–Crippen MR) is 76.6 cm³/mol. The summed E-state index contributed by atoms with van der Waals surface area (Å²) in [6, 6.07) is 8.12. The molecule has 0 fully saturated rings. The Hall–Kier alpha value is -2.03. The zero-order valence-corrected chi connectivity index (χ0v) is 11.2. The first kappa shape index (κ1) is 14.0. The number of hydrogen-bond donors (Lipinski definition) is 1. The summed E-state index contributed by atoms with van der Waals surface area (Å²) in [4.78, 5) is 13.5. The van der Waals surface area contributed by atoms with Gasteiger partial charge in [0, 0.05) is 32.4 Å². The fourth-order valence-electron chi connectivity index (χ4n) is 1.41. The van der Waals surface area contributed by atoms with E-state index in [4.69, 9.17) is 0 Å². The van der Waals surface area contributed by atoms with Crippen LogP contribution in [0.15, 0.2) is 48.6 Å². The Labute approximate surface area is 109 Å². The molecule has 0 heterocycles. The number of nitrogens with zero attached hydrogens (tertiary/aromatic N) is 1. The molecule has 0 aliphatic carbocycles. The van der Waals surface area contributed by atoms with Crippen molar-refractivity contribution in [1.82, 2.24) is 5.32 Å². The van der Waals surface area contributed by atoms with E-state index in [1.54, 1.807) is 6.08 Å². The molecule has 0 aliphatic rings. The lowest BCUT2D eigenvalue weighted by atomic mass is 10.2. The van der Waals surface area contributed by atoms with Gasteiger partial charge >= 0.3 is 0 Å². The van der Waals surface area contributed by atoms with Crippen LogP contribution in [0.1, 0.15) is 12.5 Å². The summed E-state index contributed by atoms with van der Waals surface area (Å²) in [5.74, 6) is -0.0789. The van der Waals surface area contributed by atoms with Gasteiger partial charge in [-0.2, -0.15) is 0 Å². The van der Waals surface area contributed by atoms with Gasteiger partial charge < -0.3 is 10.2 Å². The third kappa shape index (κ3) is 4.87. The monoisotopic (exact) mass is 244 g/mol. The summed E-state index contributed by atoms with van der Waals surface area (Å²) in [6.07, 6.45) is 6.95. The number of amides is 1. The average molecular weight is 244 g/mol. The third-order valence-corrected chi connectivity index (χ3v) is 2.47. The molecule has 1 rings (SSSR count). The summed E-state index contributed by atoms with van der Waals surface area (Å²) in [7, 11) is 4.01. The van der Waals surface area contributed by atoms with Gasteiger partial charge in [0.05, 0.1) is 0 Å². The number of carbonyl (C=O) groups excluding carboxylic acids is 1. The van der Waals surface area contributed by atoms with Crippen molar-refractivity contribution in [2.75, 3.05) is 19.0 Å². The van der Waals surface area contributed by atoms with E-state index in [-0.39, 0.29) is 5.91 Å². The quantitative estimate of drug-likeness (QED) is 0.637. The number of hydrogen-bond acceptors (Lipinski definition) is 2. The first-order valence-corrected chi connectivity index (χ1v) is 5.97. The standard InChI is InChI=1S/C15H20N2O/c1-4-5-6-7-15(18)16-12-13-8-10-14(11-9-13)17(2)3/h4-11H,12H2,1-3H3,(H,16,18)/b5-4+,7-6+. The van der Waals surface area contributed by atoms with Crippen LogP contribution >= 0.6 is 0 Å². The molecule has 0 radical (unpaired) electrons. The molecule has 1 N–H and O–H groups in total. The van der Waals surface area contributed by atoms with Crippen LogP contribution in [0.2, 0.25) is 0 Å². The SMILES string of the molecule is C/C=C/C=C/C(=O)NCc1ccc(N(C)C)cc1. The summed E-state index contributed by atoms with van der Waals surface area (Å²) in [6.45, 7) is 2.46. The lowest BCUT2D eigenvalue weighted by molar-refractivity contribution is -0.116. The maximum atomic E-state index is 11.4. The van der Waals surface area contributed by atoms with Gasteiger partial charge in [0.15, 0.2) is 0 Å². The molecule has 3 nitrogen and oxygen atoms in total. The predicted octanol–water partition coefficient (Wildman–Crippen LogP) is 2.50. The molecule has 1 amide bonds. The van der Waals surface area contributed by atoms with E-state index in [2.05, 4.69) is 5.32 Å². The third-order valence-electron chi connectivity index (χ3n) is 2.47. The summed E-state index contributed by atoms with van der Waals surface area (Å²) >= 11 is 0. The molecule has 0 saturated heterocycles. The van der Waals surface area contributed by atoms with Crippen molar-refractivity contribution in [2.24, 2.45) is 0 Å². The van der Waals surface area contributed by atoms with Gasteiger partial charge in [0.1, 0.15) is 0 Å². The first-order valence-electron chi connectivity index (χ1n) is 5.97. The number of rotatable bonds is 5. The average Bonchev–Trinajstić information content (AvgIpc) is 2.37. The minimum Gasteiger partial charge on any atom is -0.378 e. The maximum Gasteiger partial charge on any atom is 0.244 e. The highest BCUT2D eigenvalue weighted by atomic mass is 16.1. The molecule has 96 valence electrons. The molecule has 0 bridgehead atoms. The fourth-order valence-corrected chi connectivity index (χ4v) is 1.41. The van der Waals surface area contributed by atoms with Crippen LogP contribution in [0.25, 0.3) is 0 Å². The normalized spacial score (nSPS) is 11.1. The second-order valence-corrected chi connectivity index (χ2v) is 4.16. The highest BCUT2D eigenvalue weighted by Gasteiger charge is 1.98. The lowest BCUT2D eigenvalue weighted by Crippen LogP contribution is -2.20. The van der Waals surface area contributed by atoms with Gasteiger partial charge in [-0.3, -0.25) is 4.79 Å². The topological polar surface area (TPSA) is 32.3 Å². The van der Waals surface area contributed by atoms with Gasteiger partial charge in [-0.15, -0.1) is 0 Å². The summed E-state index contributed by atoms with van der Waals surface area (Å²) in [5.41, 5.74) is 2.24. The van der Waals surface area contributed by atoms with E-state index >= 15 is 0 Å². The summed E-state index contributed by atoms with van der Waals surface area (Å²) < 4.78 is 0. The van der Waals surface area contributed by atoms with Gasteiger partial charge in [-0.1, -0.05) is 30.4 Å². The molecule has 1 aromatic rings. The van der Waals surface area contributed by atoms with Crippen molar-refractivity contribution in [1.29, 1.82) is 0 Å². The van der Waals surface area contributed by atoms with Crippen molar-refractivity contribution < 1.29 is 4.79 Å². The van der Waals surface area contributed by atoms with Crippen molar-refractivity contribution in [3.63, 3.8) is 0 Å². The molecule has 0 unspecified atom stereocenters. The zero-order chi connectivity index (χ0) is 13.4. The van der Waals surface area contributed by atoms with Gasteiger partial charge in [-0.05, 0) is 24.6 Å². The van der Waals surface area contributed by atoms with Crippen molar-refractivity contribution in [3.8, 4) is 0 Å². The second-order valence-electron chi connectivity index (χ2n) is 4.16. The van der Waals surface area contributed by atoms with E-state index < -0.39 is 0 Å². The van der Waals surface area contributed by atoms with E-state index in [0.29, 0.717) is 6.54 Å². The fraction of sp³-hybridized carbons (Fsp3) is 0.267. The molecule has 0 aromatic heterocycles. The smallest absolute Gasteiger partial charge is 0.244 e. The van der Waals surface area contributed by atoms with E-state index in [0.717, 1.165) is 11.3 Å². The van der Waals surface area contributed by atoms with Crippen LogP contribution in [-0.2, 0) is 11.3 Å². The van der Waals surface area contributed by atoms with Gasteiger partial charge in [-0.25, -0.2) is 0 Å². The molecular weight excluding hydrogens is 224 g/mol. The van der Waals surface area contributed by atoms with Gasteiger partial charge in [0.2, 0.25) is 5.91 Å². The minimum absolute atomic E-state index is 0.0789. The number of carbonyl (C=O) groups is 1. The van der Waals surface area contributed by atoms with Crippen LogP contribution in [0.5, 0.6) is 0 Å². The molecule has 0 saturated carbocycles. The van der Waals surface area contributed by atoms with Gasteiger partial charge in [0.25, 0.3) is 0 Å². The van der Waals surface area contributed by atoms with E-state index in [9.17, 15) is 4.79 Å². The number of anilines is 1. The Balaban J connectivity index is 2.46. The van der Waals surface area contributed by atoms with Crippen LogP contribution in [0, 0.1) is 0 Å². The molecule has 0 spiro atoms. The van der Waals surface area contributed by atoms with Crippen molar-refractivity contribution in [2.45, 2.75) is 13.5 Å². The molecule has 0 aliphatic heterocycles. The molecule has 0 atom stereocenters. The van der Waals surface area contributed by atoms with Crippen molar-refractivity contribution in [3.05, 3.63) is 54.1 Å². The molecular formula is C15H20N2O. The Morgan fingerprint density at radius 3 is 2.44 bits per heavy atom. The number of nitrogens with one attached hydrogen (secondary N) is 1. The highest BCUT2D eigenvalue weighted by Crippen LogP contribution is 2.11. The molecule has 1 aromatic carbocycles. The Kier molecular flexibility index (Phi) is 5.71.